The van der Waals surface area contributed by atoms with Crippen LogP contribution in [0.4, 0.5) is 0 Å². The zero-order chi connectivity index (χ0) is 18.2. The number of aliphatic hydroxyl groups is 2. The summed E-state index contributed by atoms with van der Waals surface area (Å²) in [5.74, 6) is 1.61. The van der Waals surface area contributed by atoms with Gasteiger partial charge in [-0.1, -0.05) is 12.1 Å². The number of methoxy groups -OCH3 is 2. The quantitative estimate of drug-likeness (QED) is 0.879. The number of rotatable bonds is 2. The van der Waals surface area contributed by atoms with Crippen molar-refractivity contribution < 1.29 is 19.7 Å². The minimum Gasteiger partial charge on any atom is -0.496 e. The molecule has 4 nitrogen and oxygen atoms in total. The Morgan fingerprint density at radius 3 is 1.52 bits per heavy atom. The van der Waals surface area contributed by atoms with Gasteiger partial charge in [0.2, 0.25) is 0 Å². The molecule has 2 N–H and O–H groups in total. The van der Waals surface area contributed by atoms with Gasteiger partial charge in [0.25, 0.3) is 0 Å². The lowest BCUT2D eigenvalue weighted by Gasteiger charge is -2.40. The van der Waals surface area contributed by atoms with Crippen molar-refractivity contribution in [1.82, 2.24) is 0 Å². The highest BCUT2D eigenvalue weighted by Gasteiger charge is 2.45. The van der Waals surface area contributed by atoms with E-state index >= 15 is 0 Å². The lowest BCUT2D eigenvalue weighted by molar-refractivity contribution is -0.143. The van der Waals surface area contributed by atoms with E-state index in [1.807, 2.05) is 36.4 Å². The van der Waals surface area contributed by atoms with Crippen LogP contribution in [0.5, 0.6) is 11.5 Å². The van der Waals surface area contributed by atoms with Crippen LogP contribution >= 0.6 is 0 Å². The normalized spacial score (nSPS) is 25.8. The summed E-state index contributed by atoms with van der Waals surface area (Å²) in [6.45, 7) is 3.31. The van der Waals surface area contributed by atoms with Gasteiger partial charge >= 0.3 is 0 Å². The average molecular weight is 342 g/mol. The van der Waals surface area contributed by atoms with E-state index in [1.54, 1.807) is 28.1 Å². The van der Waals surface area contributed by atoms with Gasteiger partial charge < -0.3 is 19.7 Å². The first kappa shape index (κ1) is 17.8. The van der Waals surface area contributed by atoms with Gasteiger partial charge in [-0.2, -0.15) is 0 Å². The van der Waals surface area contributed by atoms with Crippen LogP contribution in [0, 0.1) is 0 Å². The molecule has 1 aliphatic rings. The topological polar surface area (TPSA) is 58.9 Å². The first-order valence-corrected chi connectivity index (χ1v) is 8.61. The van der Waals surface area contributed by atoms with E-state index in [4.69, 9.17) is 9.47 Å². The van der Waals surface area contributed by atoms with Crippen LogP contribution < -0.4 is 9.47 Å². The van der Waals surface area contributed by atoms with Crippen LogP contribution in [-0.2, 0) is 24.0 Å². The molecule has 0 aliphatic heterocycles. The van der Waals surface area contributed by atoms with E-state index in [0.717, 1.165) is 41.9 Å². The zero-order valence-corrected chi connectivity index (χ0v) is 15.3. The number of hydrogen-bond donors (Lipinski definition) is 2. The highest BCUT2D eigenvalue weighted by atomic mass is 16.5. The second-order valence-corrected chi connectivity index (χ2v) is 7.05. The Balaban J connectivity index is 2.21. The van der Waals surface area contributed by atoms with E-state index in [0.29, 0.717) is 11.1 Å². The third-order valence-corrected chi connectivity index (χ3v) is 5.53. The summed E-state index contributed by atoms with van der Waals surface area (Å²) in [5, 5.41) is 22.5. The Labute approximate surface area is 149 Å². The molecule has 0 aromatic heterocycles. The number of aryl methyl sites for hydroxylation is 2. The van der Waals surface area contributed by atoms with E-state index < -0.39 is 11.2 Å². The fourth-order valence-electron chi connectivity index (χ4n) is 3.58. The van der Waals surface area contributed by atoms with Crippen molar-refractivity contribution >= 4 is 0 Å². The zero-order valence-electron chi connectivity index (χ0n) is 15.3. The van der Waals surface area contributed by atoms with Gasteiger partial charge in [0, 0.05) is 0 Å². The highest BCUT2D eigenvalue weighted by Crippen LogP contribution is 2.43. The van der Waals surface area contributed by atoms with Crippen LogP contribution in [0.3, 0.4) is 0 Å². The van der Waals surface area contributed by atoms with Crippen molar-refractivity contribution in [2.24, 2.45) is 0 Å². The van der Waals surface area contributed by atoms with E-state index in [9.17, 15) is 10.2 Å². The molecule has 0 saturated carbocycles. The summed E-state index contributed by atoms with van der Waals surface area (Å²) in [6.07, 6.45) is 2.56. The van der Waals surface area contributed by atoms with Crippen molar-refractivity contribution in [3.8, 4) is 11.5 Å². The second kappa shape index (κ2) is 6.36. The number of ether oxygens (including phenoxy) is 2. The molecule has 0 fully saturated rings. The smallest absolute Gasteiger partial charge is 0.122 e. The Bertz CT molecular complexity index is 712. The van der Waals surface area contributed by atoms with Crippen LogP contribution in [0.2, 0.25) is 0 Å². The maximum absolute atomic E-state index is 11.3. The third kappa shape index (κ3) is 2.90. The fraction of sp³-hybridized carbons (Fsp3) is 0.429. The van der Waals surface area contributed by atoms with Crippen LogP contribution in [-0.4, -0.2) is 24.4 Å². The van der Waals surface area contributed by atoms with Crippen LogP contribution in [0.15, 0.2) is 36.4 Å². The van der Waals surface area contributed by atoms with Gasteiger partial charge in [0.1, 0.15) is 22.7 Å². The Hall–Kier alpha value is -2.04. The molecule has 0 spiro atoms. The Morgan fingerprint density at radius 1 is 0.760 bits per heavy atom. The molecule has 0 saturated heterocycles. The summed E-state index contributed by atoms with van der Waals surface area (Å²) in [7, 11) is 3.30. The number of hydrogen-bond acceptors (Lipinski definition) is 4. The first-order valence-electron chi connectivity index (χ1n) is 8.61. The average Bonchev–Trinajstić information content (AvgIpc) is 2.61. The second-order valence-electron chi connectivity index (χ2n) is 7.05. The first-order chi connectivity index (χ1) is 11.8. The minimum atomic E-state index is -1.45. The Morgan fingerprint density at radius 2 is 1.16 bits per heavy atom. The maximum Gasteiger partial charge on any atom is 0.122 e. The molecule has 2 unspecified atom stereocenters. The number of fused-ring (bicyclic) bond motifs is 4. The van der Waals surface area contributed by atoms with Gasteiger partial charge in [0.05, 0.1) is 14.2 Å². The molecular weight excluding hydrogens is 316 g/mol. The van der Waals surface area contributed by atoms with Gasteiger partial charge in [-0.05, 0) is 79.6 Å². The molecule has 0 heterocycles. The lowest BCUT2D eigenvalue weighted by atomic mass is 9.75. The molecule has 4 heteroatoms. The molecule has 2 atom stereocenters. The van der Waals surface area contributed by atoms with Crippen molar-refractivity contribution in [3.05, 3.63) is 58.7 Å². The monoisotopic (exact) mass is 342 g/mol. The lowest BCUT2D eigenvalue weighted by Crippen LogP contribution is -2.45. The van der Waals surface area contributed by atoms with E-state index in [1.165, 1.54) is 0 Å². The molecule has 25 heavy (non-hydrogen) atoms. The summed E-state index contributed by atoms with van der Waals surface area (Å²) in [4.78, 5) is 0. The third-order valence-electron chi connectivity index (χ3n) is 5.53. The molecular formula is C21H26O4. The minimum absolute atomic E-state index is 0.674. The number of benzene rings is 2. The van der Waals surface area contributed by atoms with Crippen molar-refractivity contribution in [3.63, 3.8) is 0 Å². The summed E-state index contributed by atoms with van der Waals surface area (Å²) >= 11 is 0. The molecule has 4 bridgehead atoms. The predicted molar refractivity (Wildman–Crippen MR) is 97.2 cm³/mol. The SMILES string of the molecule is COc1ccc2cc1CCCc1cc(ccc1OC)C(C)(O)C2(C)O. The Kier molecular flexibility index (Phi) is 4.52. The standard InChI is InChI=1S/C21H26O4/c1-20(22)16-8-10-18(24-3)14(12-16)6-5-7-15-13-17(21(20,2)23)9-11-19(15)25-4/h8-13,22-23H,5-7H2,1-4H3. The fourth-order valence-corrected chi connectivity index (χ4v) is 3.58. The van der Waals surface area contributed by atoms with Gasteiger partial charge in [-0.15, -0.1) is 0 Å². The van der Waals surface area contributed by atoms with E-state index in [2.05, 4.69) is 0 Å². The molecule has 1 aliphatic carbocycles. The maximum atomic E-state index is 11.3. The van der Waals surface area contributed by atoms with Crippen molar-refractivity contribution in [2.75, 3.05) is 14.2 Å². The molecule has 2 aromatic rings. The van der Waals surface area contributed by atoms with Crippen LogP contribution in [0.1, 0.15) is 42.5 Å². The van der Waals surface area contributed by atoms with Crippen LogP contribution in [0.25, 0.3) is 0 Å². The summed E-state index contributed by atoms with van der Waals surface area (Å²) < 4.78 is 10.9. The summed E-state index contributed by atoms with van der Waals surface area (Å²) in [6, 6.07) is 11.3. The largest absolute Gasteiger partial charge is 0.496 e. The van der Waals surface area contributed by atoms with Gasteiger partial charge in [-0.25, -0.2) is 0 Å². The predicted octanol–water partition coefficient (Wildman–Crippen LogP) is 3.31. The molecule has 2 aromatic carbocycles. The highest BCUT2D eigenvalue weighted by molar-refractivity contribution is 5.45. The molecule has 3 rings (SSSR count). The van der Waals surface area contributed by atoms with Gasteiger partial charge in [-0.3, -0.25) is 0 Å². The van der Waals surface area contributed by atoms with E-state index in [-0.39, 0.29) is 0 Å². The van der Waals surface area contributed by atoms with Gasteiger partial charge in [0.15, 0.2) is 0 Å². The van der Waals surface area contributed by atoms with Crippen molar-refractivity contribution in [1.29, 1.82) is 0 Å². The molecule has 134 valence electrons. The molecule has 0 amide bonds. The summed E-state index contributed by atoms with van der Waals surface area (Å²) in [5.41, 5.74) is 0.504. The van der Waals surface area contributed by atoms with Crippen molar-refractivity contribution in [2.45, 2.75) is 44.3 Å². The molecule has 0 radical (unpaired) electrons.